The normalized spacial score (nSPS) is 40.3. The number of hydrogen-bond donors (Lipinski definition) is 1. The molecule has 1 aromatic rings. The number of fused-ring (bicyclic) bond motifs is 5. The standard InChI is InChI=1S/C28H36F4N2O2/c1-25-13-6-9-20(25)18-10-11-22-26(2,21(18)12-14-25)16-27(29,24(36)34(22)3)23(35)33-15-17-7-4-5-8-19(17)28(30,31)32/h4-5,7-8,18,20-22H,6,9-16H2,1-3H3,(H,33,35)/t18-,20-,21+,22?,25-,26+,27?/m0/s1. The van der Waals surface area contributed by atoms with E-state index in [0.717, 1.165) is 31.7 Å². The van der Waals surface area contributed by atoms with Crippen LogP contribution in [0.3, 0.4) is 0 Å². The SMILES string of the molecule is CN1C(=O)C(F)(C(=O)NCc2ccccc2C(F)(F)F)C[C@@]2(C)C1CC[C@@H]1[C@H]2CC[C@]2(C)CCC[C@@H]12. The number of carbonyl (C=O) groups is 2. The number of halogens is 4. The Morgan fingerprint density at radius 3 is 2.53 bits per heavy atom. The summed E-state index contributed by atoms with van der Waals surface area (Å²) < 4.78 is 56.7. The molecule has 36 heavy (non-hydrogen) atoms. The Morgan fingerprint density at radius 2 is 1.81 bits per heavy atom. The lowest BCUT2D eigenvalue weighted by Crippen LogP contribution is -2.70. The summed E-state index contributed by atoms with van der Waals surface area (Å²) in [5.41, 5.74) is -4.07. The van der Waals surface area contributed by atoms with Crippen molar-refractivity contribution in [3.05, 3.63) is 35.4 Å². The van der Waals surface area contributed by atoms with Gasteiger partial charge in [0.1, 0.15) is 0 Å². The second kappa shape index (κ2) is 8.45. The van der Waals surface area contributed by atoms with Gasteiger partial charge in [0.2, 0.25) is 0 Å². The van der Waals surface area contributed by atoms with Crippen LogP contribution in [0.25, 0.3) is 0 Å². The Balaban J connectivity index is 1.40. The summed E-state index contributed by atoms with van der Waals surface area (Å²) in [5.74, 6) is -0.748. The van der Waals surface area contributed by atoms with E-state index in [1.54, 1.807) is 7.05 Å². The summed E-state index contributed by atoms with van der Waals surface area (Å²) in [6, 6.07) is 4.76. The third-order valence-corrected chi connectivity index (χ3v) is 10.5. The molecule has 3 saturated carbocycles. The van der Waals surface area contributed by atoms with Crippen LogP contribution >= 0.6 is 0 Å². The summed E-state index contributed by atoms with van der Waals surface area (Å²) in [6.07, 6.45) is 2.68. The first-order chi connectivity index (χ1) is 16.8. The van der Waals surface area contributed by atoms with Gasteiger partial charge >= 0.3 is 6.18 Å². The maximum atomic E-state index is 16.5. The van der Waals surface area contributed by atoms with E-state index in [9.17, 15) is 22.8 Å². The highest BCUT2D eigenvalue weighted by Crippen LogP contribution is 2.65. The Labute approximate surface area is 210 Å². The number of amides is 2. The predicted molar refractivity (Wildman–Crippen MR) is 127 cm³/mol. The Morgan fingerprint density at radius 1 is 1.08 bits per heavy atom. The molecule has 4 nitrogen and oxygen atoms in total. The zero-order chi connectivity index (χ0) is 26.1. The number of hydrogen-bond acceptors (Lipinski definition) is 2. The van der Waals surface area contributed by atoms with E-state index in [4.69, 9.17) is 0 Å². The van der Waals surface area contributed by atoms with Crippen LogP contribution < -0.4 is 5.32 Å². The molecule has 1 saturated heterocycles. The summed E-state index contributed by atoms with van der Waals surface area (Å²) in [7, 11) is 1.58. The van der Waals surface area contributed by atoms with Gasteiger partial charge in [-0.1, -0.05) is 38.5 Å². The van der Waals surface area contributed by atoms with Gasteiger partial charge in [-0.15, -0.1) is 0 Å². The average Bonchev–Trinajstić information content (AvgIpc) is 3.22. The molecule has 4 aliphatic rings. The number of carbonyl (C=O) groups excluding carboxylic acids is 2. The van der Waals surface area contributed by atoms with Crippen LogP contribution in [0.4, 0.5) is 17.6 Å². The Hall–Kier alpha value is -2.12. The van der Waals surface area contributed by atoms with Crippen molar-refractivity contribution in [3.8, 4) is 0 Å². The highest BCUT2D eigenvalue weighted by molar-refractivity contribution is 6.09. The molecular weight excluding hydrogens is 472 g/mol. The van der Waals surface area contributed by atoms with Crippen LogP contribution in [-0.4, -0.2) is 35.5 Å². The van der Waals surface area contributed by atoms with E-state index in [2.05, 4.69) is 12.2 Å². The largest absolute Gasteiger partial charge is 0.416 e. The molecule has 1 heterocycles. The summed E-state index contributed by atoms with van der Waals surface area (Å²) >= 11 is 0. The molecule has 3 aliphatic carbocycles. The minimum atomic E-state index is -4.59. The van der Waals surface area contributed by atoms with Gasteiger partial charge in [-0.25, -0.2) is 4.39 Å². The highest BCUT2D eigenvalue weighted by atomic mass is 19.4. The molecule has 0 radical (unpaired) electrons. The van der Waals surface area contributed by atoms with Crippen molar-refractivity contribution in [3.63, 3.8) is 0 Å². The van der Waals surface area contributed by atoms with Gasteiger partial charge in [-0.2, -0.15) is 13.2 Å². The van der Waals surface area contributed by atoms with Crippen molar-refractivity contribution in [1.82, 2.24) is 10.2 Å². The van der Waals surface area contributed by atoms with Crippen LogP contribution in [0.5, 0.6) is 0 Å². The molecular formula is C28H36F4N2O2. The second-order valence-electron chi connectivity index (χ2n) is 12.3. The number of nitrogens with zero attached hydrogens (tertiary/aromatic N) is 1. The zero-order valence-corrected chi connectivity index (χ0v) is 21.3. The first-order valence-corrected chi connectivity index (χ1v) is 13.2. The smallest absolute Gasteiger partial charge is 0.349 e. The van der Waals surface area contributed by atoms with E-state index in [1.807, 2.05) is 6.92 Å². The van der Waals surface area contributed by atoms with Crippen molar-refractivity contribution in [2.75, 3.05) is 7.05 Å². The summed E-state index contributed by atoms with van der Waals surface area (Å²) in [4.78, 5) is 27.9. The number of likely N-dealkylation sites (tertiary alicyclic amines) is 1. The maximum Gasteiger partial charge on any atom is 0.416 e. The summed E-state index contributed by atoms with van der Waals surface area (Å²) in [5, 5.41) is 2.34. The van der Waals surface area contributed by atoms with Gasteiger partial charge in [0.25, 0.3) is 17.5 Å². The zero-order valence-electron chi connectivity index (χ0n) is 21.3. The van der Waals surface area contributed by atoms with E-state index in [0.29, 0.717) is 17.3 Å². The monoisotopic (exact) mass is 508 g/mol. The predicted octanol–water partition coefficient (Wildman–Crippen LogP) is 5.89. The molecule has 7 atom stereocenters. The van der Waals surface area contributed by atoms with E-state index in [1.165, 1.54) is 42.4 Å². The second-order valence-corrected chi connectivity index (χ2v) is 12.3. The number of benzene rings is 1. The van der Waals surface area contributed by atoms with Crippen molar-refractivity contribution in [1.29, 1.82) is 0 Å². The van der Waals surface area contributed by atoms with Crippen LogP contribution in [0.1, 0.15) is 76.3 Å². The van der Waals surface area contributed by atoms with Gasteiger partial charge in [-0.05, 0) is 78.7 Å². The lowest BCUT2D eigenvalue weighted by atomic mass is 9.46. The number of piperidine rings is 1. The maximum absolute atomic E-state index is 16.5. The minimum Gasteiger partial charge on any atom is -0.349 e. The third-order valence-electron chi connectivity index (χ3n) is 10.5. The van der Waals surface area contributed by atoms with E-state index in [-0.39, 0.29) is 23.9 Å². The minimum absolute atomic E-state index is 0.139. The molecule has 2 amide bonds. The molecule has 5 rings (SSSR count). The van der Waals surface area contributed by atoms with Crippen LogP contribution in [0, 0.1) is 28.6 Å². The molecule has 2 unspecified atom stereocenters. The molecule has 1 aliphatic heterocycles. The summed E-state index contributed by atoms with van der Waals surface area (Å²) in [6.45, 7) is 3.93. The van der Waals surface area contributed by atoms with Crippen molar-refractivity contribution >= 4 is 11.8 Å². The first-order valence-electron chi connectivity index (χ1n) is 13.2. The van der Waals surface area contributed by atoms with Crippen LogP contribution in [0.15, 0.2) is 24.3 Å². The first kappa shape index (κ1) is 25.5. The number of alkyl halides is 4. The molecule has 0 spiro atoms. The van der Waals surface area contributed by atoms with Gasteiger partial charge in [-0.3, -0.25) is 9.59 Å². The highest BCUT2D eigenvalue weighted by Gasteiger charge is 2.66. The van der Waals surface area contributed by atoms with Gasteiger partial charge < -0.3 is 10.2 Å². The average molecular weight is 509 g/mol. The van der Waals surface area contributed by atoms with Gasteiger partial charge in [0, 0.05) is 26.1 Å². The molecule has 4 fully saturated rings. The van der Waals surface area contributed by atoms with Crippen molar-refractivity contribution in [2.24, 2.45) is 28.6 Å². The fraction of sp³-hybridized carbons (Fsp3) is 0.714. The Bertz CT molecular complexity index is 1060. The third kappa shape index (κ3) is 3.76. The lowest BCUT2D eigenvalue weighted by molar-refractivity contribution is -0.185. The van der Waals surface area contributed by atoms with E-state index >= 15 is 4.39 Å². The number of rotatable bonds is 3. The van der Waals surface area contributed by atoms with Crippen molar-refractivity contribution in [2.45, 2.75) is 89.6 Å². The van der Waals surface area contributed by atoms with E-state index < -0.39 is 41.2 Å². The molecule has 198 valence electrons. The fourth-order valence-electron chi connectivity index (χ4n) is 8.78. The topological polar surface area (TPSA) is 49.4 Å². The molecule has 1 N–H and O–H groups in total. The van der Waals surface area contributed by atoms with Gasteiger partial charge in [0.15, 0.2) is 0 Å². The quantitative estimate of drug-likeness (QED) is 0.409. The molecule has 1 aromatic carbocycles. The van der Waals surface area contributed by atoms with Crippen LogP contribution in [-0.2, 0) is 22.3 Å². The molecule has 0 bridgehead atoms. The number of nitrogens with one attached hydrogen (secondary N) is 1. The fourth-order valence-corrected chi connectivity index (χ4v) is 8.78. The van der Waals surface area contributed by atoms with Gasteiger partial charge in [0.05, 0.1) is 5.56 Å². The lowest BCUT2D eigenvalue weighted by Gasteiger charge is -2.62. The molecule has 8 heteroatoms. The Kier molecular flexibility index (Phi) is 5.99. The molecule has 0 aromatic heterocycles. The van der Waals surface area contributed by atoms with Crippen molar-refractivity contribution < 1.29 is 27.2 Å². The van der Waals surface area contributed by atoms with Crippen LogP contribution in [0.2, 0.25) is 0 Å².